The van der Waals surface area contributed by atoms with Gasteiger partial charge in [0.25, 0.3) is 0 Å². The molecule has 0 radical (unpaired) electrons. The summed E-state index contributed by atoms with van der Waals surface area (Å²) < 4.78 is 16.7. The highest BCUT2D eigenvalue weighted by molar-refractivity contribution is 6.18. The summed E-state index contributed by atoms with van der Waals surface area (Å²) in [5, 5.41) is 0. The molecule has 0 fully saturated rings. The number of halogens is 1. The Labute approximate surface area is 93.9 Å². The molecule has 1 aliphatic heterocycles. The van der Waals surface area contributed by atoms with Gasteiger partial charge in [0, 0.05) is 0 Å². The minimum absolute atomic E-state index is 0.0965. The molecule has 0 aromatic heterocycles. The summed E-state index contributed by atoms with van der Waals surface area (Å²) in [6.07, 6.45) is -0.0965. The summed E-state index contributed by atoms with van der Waals surface area (Å²) in [7, 11) is 0. The van der Waals surface area contributed by atoms with Gasteiger partial charge in [-0.15, -0.1) is 11.6 Å². The number of para-hydroxylation sites is 1. The van der Waals surface area contributed by atoms with Crippen LogP contribution in [0.15, 0.2) is 18.2 Å². The molecule has 82 valence electrons. The fourth-order valence-corrected chi connectivity index (χ4v) is 1.61. The fourth-order valence-electron chi connectivity index (χ4n) is 1.45. The number of fused-ring (bicyclic) bond motifs is 1. The summed E-state index contributed by atoms with van der Waals surface area (Å²) in [5.41, 5.74) is 0. The average molecular weight is 229 g/mol. The lowest BCUT2D eigenvalue weighted by Crippen LogP contribution is -2.30. The van der Waals surface area contributed by atoms with Crippen molar-refractivity contribution in [2.45, 2.75) is 13.0 Å². The summed E-state index contributed by atoms with van der Waals surface area (Å²) in [5.74, 6) is 2.52. The van der Waals surface area contributed by atoms with Crippen LogP contribution in [0.4, 0.5) is 0 Å². The van der Waals surface area contributed by atoms with Crippen LogP contribution in [-0.2, 0) is 0 Å². The van der Waals surface area contributed by atoms with Crippen molar-refractivity contribution in [3.05, 3.63) is 18.2 Å². The number of benzene rings is 1. The maximum atomic E-state index is 5.73. The third kappa shape index (κ3) is 2.12. The summed E-state index contributed by atoms with van der Waals surface area (Å²) in [6.45, 7) is 3.03. The van der Waals surface area contributed by atoms with Crippen LogP contribution < -0.4 is 14.2 Å². The Bertz CT molecular complexity index is 341. The van der Waals surface area contributed by atoms with Crippen LogP contribution >= 0.6 is 11.6 Å². The number of hydrogen-bond donors (Lipinski definition) is 0. The van der Waals surface area contributed by atoms with Crippen LogP contribution in [0.2, 0.25) is 0 Å². The van der Waals surface area contributed by atoms with Crippen molar-refractivity contribution in [2.75, 3.05) is 19.1 Å². The molecule has 3 nitrogen and oxygen atoms in total. The molecule has 1 aromatic carbocycles. The van der Waals surface area contributed by atoms with Gasteiger partial charge in [-0.3, -0.25) is 0 Å². The van der Waals surface area contributed by atoms with E-state index in [9.17, 15) is 0 Å². The van der Waals surface area contributed by atoms with E-state index in [0.717, 1.165) is 5.75 Å². The van der Waals surface area contributed by atoms with Crippen molar-refractivity contribution >= 4 is 11.6 Å². The lowest BCUT2D eigenvalue weighted by atomic mass is 10.2. The van der Waals surface area contributed by atoms with Crippen molar-refractivity contribution in [3.63, 3.8) is 0 Å². The van der Waals surface area contributed by atoms with Gasteiger partial charge >= 0.3 is 0 Å². The highest BCUT2D eigenvalue weighted by Crippen LogP contribution is 2.40. The molecule has 2 rings (SSSR count). The molecule has 4 heteroatoms. The molecule has 0 bridgehead atoms. The Hall–Kier alpha value is -1.09. The van der Waals surface area contributed by atoms with E-state index in [1.807, 2.05) is 25.1 Å². The zero-order valence-electron chi connectivity index (χ0n) is 8.53. The van der Waals surface area contributed by atoms with Gasteiger partial charge in [-0.25, -0.2) is 0 Å². The van der Waals surface area contributed by atoms with Crippen LogP contribution in [0.25, 0.3) is 0 Å². The van der Waals surface area contributed by atoms with E-state index in [2.05, 4.69) is 0 Å². The van der Waals surface area contributed by atoms with Crippen LogP contribution in [0.3, 0.4) is 0 Å². The Balaban J connectivity index is 2.28. The topological polar surface area (TPSA) is 27.7 Å². The largest absolute Gasteiger partial charge is 0.490 e. The minimum atomic E-state index is -0.0965. The second kappa shape index (κ2) is 4.62. The number of alkyl halides is 1. The molecule has 0 N–H and O–H groups in total. The van der Waals surface area contributed by atoms with Crippen molar-refractivity contribution < 1.29 is 14.2 Å². The van der Waals surface area contributed by atoms with Gasteiger partial charge in [0.05, 0.1) is 12.5 Å². The monoisotopic (exact) mass is 228 g/mol. The van der Waals surface area contributed by atoms with E-state index in [1.165, 1.54) is 0 Å². The normalized spacial score (nSPS) is 18.7. The average Bonchev–Trinajstić information content (AvgIpc) is 2.29. The first-order valence-electron chi connectivity index (χ1n) is 4.96. The van der Waals surface area contributed by atoms with E-state index in [4.69, 9.17) is 25.8 Å². The van der Waals surface area contributed by atoms with Gasteiger partial charge in [0.1, 0.15) is 12.7 Å². The Morgan fingerprint density at radius 3 is 3.13 bits per heavy atom. The first kappa shape index (κ1) is 10.4. The van der Waals surface area contributed by atoms with Crippen molar-refractivity contribution in [3.8, 4) is 17.2 Å². The summed E-state index contributed by atoms with van der Waals surface area (Å²) >= 11 is 5.73. The predicted octanol–water partition coefficient (Wildman–Crippen LogP) is 2.46. The van der Waals surface area contributed by atoms with Gasteiger partial charge < -0.3 is 14.2 Å². The van der Waals surface area contributed by atoms with E-state index in [-0.39, 0.29) is 6.10 Å². The van der Waals surface area contributed by atoms with Crippen LogP contribution in [0.5, 0.6) is 17.2 Å². The van der Waals surface area contributed by atoms with Gasteiger partial charge in [0.2, 0.25) is 5.75 Å². The highest BCUT2D eigenvalue weighted by atomic mass is 35.5. The third-order valence-electron chi connectivity index (χ3n) is 2.12. The first-order chi connectivity index (χ1) is 7.35. The second-order valence-corrected chi connectivity index (χ2v) is 3.53. The van der Waals surface area contributed by atoms with Gasteiger partial charge in [-0.05, 0) is 19.1 Å². The summed E-state index contributed by atoms with van der Waals surface area (Å²) in [4.78, 5) is 0. The molecule has 0 spiro atoms. The fraction of sp³-hybridized carbons (Fsp3) is 0.455. The van der Waals surface area contributed by atoms with Gasteiger partial charge in [0.15, 0.2) is 11.5 Å². The molecule has 15 heavy (non-hydrogen) atoms. The molecule has 1 heterocycles. The molecule has 0 saturated carbocycles. The summed E-state index contributed by atoms with van der Waals surface area (Å²) in [6, 6.07) is 5.61. The number of rotatable bonds is 3. The SMILES string of the molecule is CCOc1cccc2c1OC(CCl)CO2. The van der Waals surface area contributed by atoms with Gasteiger partial charge in [-0.1, -0.05) is 6.07 Å². The molecule has 1 atom stereocenters. The van der Waals surface area contributed by atoms with Crippen molar-refractivity contribution in [1.82, 2.24) is 0 Å². The molecule has 0 amide bonds. The zero-order valence-corrected chi connectivity index (χ0v) is 9.29. The standard InChI is InChI=1S/C11H13ClO3/c1-2-13-9-4-3-5-10-11(9)15-8(6-12)7-14-10/h3-5,8H,2,6-7H2,1H3. The van der Waals surface area contributed by atoms with E-state index >= 15 is 0 Å². The second-order valence-electron chi connectivity index (χ2n) is 3.22. The van der Waals surface area contributed by atoms with Crippen molar-refractivity contribution in [2.24, 2.45) is 0 Å². The quantitative estimate of drug-likeness (QED) is 0.744. The molecule has 0 aliphatic carbocycles. The lowest BCUT2D eigenvalue weighted by molar-refractivity contribution is 0.101. The Morgan fingerprint density at radius 1 is 1.53 bits per heavy atom. The molecule has 1 unspecified atom stereocenters. The number of ether oxygens (including phenoxy) is 3. The van der Waals surface area contributed by atoms with E-state index < -0.39 is 0 Å². The zero-order chi connectivity index (χ0) is 10.7. The molecular weight excluding hydrogens is 216 g/mol. The molecule has 1 aromatic rings. The molecule has 1 aliphatic rings. The minimum Gasteiger partial charge on any atom is -0.490 e. The Kier molecular flexibility index (Phi) is 3.21. The maximum Gasteiger partial charge on any atom is 0.204 e. The van der Waals surface area contributed by atoms with Crippen LogP contribution in [-0.4, -0.2) is 25.2 Å². The third-order valence-corrected chi connectivity index (χ3v) is 2.47. The molecule has 0 saturated heterocycles. The van der Waals surface area contributed by atoms with E-state index in [0.29, 0.717) is 30.6 Å². The first-order valence-corrected chi connectivity index (χ1v) is 5.49. The van der Waals surface area contributed by atoms with Crippen molar-refractivity contribution in [1.29, 1.82) is 0 Å². The maximum absolute atomic E-state index is 5.73. The van der Waals surface area contributed by atoms with Crippen LogP contribution in [0.1, 0.15) is 6.92 Å². The predicted molar refractivity (Wildman–Crippen MR) is 58.2 cm³/mol. The molecular formula is C11H13ClO3. The smallest absolute Gasteiger partial charge is 0.204 e. The van der Waals surface area contributed by atoms with Gasteiger partial charge in [-0.2, -0.15) is 0 Å². The highest BCUT2D eigenvalue weighted by Gasteiger charge is 2.23. The Morgan fingerprint density at radius 2 is 2.40 bits per heavy atom. The number of hydrogen-bond acceptors (Lipinski definition) is 3. The van der Waals surface area contributed by atoms with E-state index in [1.54, 1.807) is 0 Å². The lowest BCUT2D eigenvalue weighted by Gasteiger charge is -2.26. The van der Waals surface area contributed by atoms with Crippen LogP contribution in [0, 0.1) is 0 Å².